The summed E-state index contributed by atoms with van der Waals surface area (Å²) in [4.78, 5) is 8.29. The molecule has 0 aromatic carbocycles. The van der Waals surface area contributed by atoms with Gasteiger partial charge in [0.15, 0.2) is 0 Å². The lowest BCUT2D eigenvalue weighted by Gasteiger charge is -2.19. The summed E-state index contributed by atoms with van der Waals surface area (Å²) in [5, 5.41) is 3.28. The minimum absolute atomic E-state index is 0.483. The maximum Gasteiger partial charge on any atom is 0.0602 e. The zero-order valence-corrected chi connectivity index (χ0v) is 8.49. The summed E-state index contributed by atoms with van der Waals surface area (Å²) in [6.07, 6.45) is 6.21. The number of aromatic nitrogens is 2. The predicted octanol–water partition coefficient (Wildman–Crippen LogP) is 1.26. The van der Waals surface area contributed by atoms with Crippen molar-refractivity contribution in [2.45, 2.75) is 26.3 Å². The topological polar surface area (TPSA) is 37.8 Å². The Bertz CT molecular complexity index is 233. The summed E-state index contributed by atoms with van der Waals surface area (Å²) in [6.45, 7) is 4.41. The Morgan fingerprint density at radius 1 is 1.38 bits per heavy atom. The molecular formula is C10H17N3. The van der Waals surface area contributed by atoms with Crippen LogP contribution in [-0.4, -0.2) is 23.1 Å². The van der Waals surface area contributed by atoms with Crippen molar-refractivity contribution in [2.75, 3.05) is 7.05 Å². The number of nitrogens with zero attached hydrogens (tertiary/aromatic N) is 2. The van der Waals surface area contributed by atoms with Crippen LogP contribution in [0.3, 0.4) is 0 Å². The van der Waals surface area contributed by atoms with Crippen LogP contribution in [0, 0.1) is 5.92 Å². The molecule has 0 aliphatic heterocycles. The highest BCUT2D eigenvalue weighted by Crippen LogP contribution is 2.06. The molecule has 1 aromatic rings. The average Bonchev–Trinajstić information content (AvgIpc) is 2.15. The fourth-order valence-electron chi connectivity index (χ4n) is 1.33. The quantitative estimate of drug-likeness (QED) is 0.756. The molecule has 1 atom stereocenters. The summed E-state index contributed by atoms with van der Waals surface area (Å²) >= 11 is 0. The van der Waals surface area contributed by atoms with Crippen molar-refractivity contribution in [2.24, 2.45) is 5.92 Å². The van der Waals surface area contributed by atoms with Crippen molar-refractivity contribution in [3.63, 3.8) is 0 Å². The lowest BCUT2D eigenvalue weighted by molar-refractivity contribution is 0.421. The average molecular weight is 179 g/mol. The summed E-state index contributed by atoms with van der Waals surface area (Å²) in [7, 11) is 1.99. The van der Waals surface area contributed by atoms with Crippen molar-refractivity contribution in [1.29, 1.82) is 0 Å². The van der Waals surface area contributed by atoms with E-state index in [9.17, 15) is 0 Å². The van der Waals surface area contributed by atoms with Crippen molar-refractivity contribution >= 4 is 0 Å². The second-order valence-corrected chi connectivity index (χ2v) is 3.54. The second kappa shape index (κ2) is 4.92. The Labute approximate surface area is 79.6 Å². The van der Waals surface area contributed by atoms with E-state index < -0.39 is 0 Å². The molecule has 0 radical (unpaired) electrons. The first-order valence-electron chi connectivity index (χ1n) is 4.66. The third-order valence-electron chi connectivity index (χ3n) is 2.22. The van der Waals surface area contributed by atoms with Gasteiger partial charge in [-0.2, -0.15) is 0 Å². The lowest BCUT2D eigenvalue weighted by Crippen LogP contribution is -2.33. The van der Waals surface area contributed by atoms with E-state index in [-0.39, 0.29) is 0 Å². The first kappa shape index (κ1) is 10.1. The Balaban J connectivity index is 2.57. The highest BCUT2D eigenvalue weighted by molar-refractivity contribution is 4.98. The minimum Gasteiger partial charge on any atom is -0.316 e. The number of nitrogens with one attached hydrogen (secondary N) is 1. The number of likely N-dealkylation sites (N-methyl/N-ethyl adjacent to an activating group) is 1. The van der Waals surface area contributed by atoms with E-state index in [2.05, 4.69) is 29.1 Å². The van der Waals surface area contributed by atoms with Gasteiger partial charge in [-0.15, -0.1) is 0 Å². The molecule has 1 aromatic heterocycles. The smallest absolute Gasteiger partial charge is 0.0602 e. The van der Waals surface area contributed by atoms with Crippen molar-refractivity contribution in [3.05, 3.63) is 24.3 Å². The number of rotatable bonds is 4. The molecule has 13 heavy (non-hydrogen) atoms. The van der Waals surface area contributed by atoms with Gasteiger partial charge < -0.3 is 5.32 Å². The summed E-state index contributed by atoms with van der Waals surface area (Å²) in [5.74, 6) is 0.618. The Morgan fingerprint density at radius 3 is 2.62 bits per heavy atom. The minimum atomic E-state index is 0.483. The van der Waals surface area contributed by atoms with E-state index in [4.69, 9.17) is 0 Å². The van der Waals surface area contributed by atoms with Gasteiger partial charge in [-0.1, -0.05) is 13.8 Å². The van der Waals surface area contributed by atoms with Gasteiger partial charge >= 0.3 is 0 Å². The standard InChI is InChI=1S/C10H17N3/c1-8(2)10(11-3)6-9-7-12-4-5-13-9/h4-5,7-8,10-11H,6H2,1-3H3. The molecular weight excluding hydrogens is 162 g/mol. The van der Waals surface area contributed by atoms with E-state index in [1.54, 1.807) is 12.4 Å². The third kappa shape index (κ3) is 3.11. The third-order valence-corrected chi connectivity index (χ3v) is 2.22. The fourth-order valence-corrected chi connectivity index (χ4v) is 1.33. The van der Waals surface area contributed by atoms with Crippen LogP contribution >= 0.6 is 0 Å². The van der Waals surface area contributed by atoms with Gasteiger partial charge in [0.2, 0.25) is 0 Å². The zero-order valence-electron chi connectivity index (χ0n) is 8.49. The maximum absolute atomic E-state index is 4.25. The number of hydrogen-bond donors (Lipinski definition) is 1. The SMILES string of the molecule is CNC(Cc1cnccn1)C(C)C. The Morgan fingerprint density at radius 2 is 2.15 bits per heavy atom. The van der Waals surface area contributed by atoms with Crippen molar-refractivity contribution < 1.29 is 0 Å². The predicted molar refractivity (Wildman–Crippen MR) is 53.4 cm³/mol. The molecule has 3 heteroatoms. The van der Waals surface area contributed by atoms with Crippen molar-refractivity contribution in [1.82, 2.24) is 15.3 Å². The zero-order chi connectivity index (χ0) is 9.68. The summed E-state index contributed by atoms with van der Waals surface area (Å²) in [6, 6.07) is 0.483. The molecule has 72 valence electrons. The van der Waals surface area contributed by atoms with Gasteiger partial charge in [-0.25, -0.2) is 0 Å². The van der Waals surface area contributed by atoms with Gasteiger partial charge in [-0.3, -0.25) is 9.97 Å². The molecule has 1 N–H and O–H groups in total. The van der Waals surface area contributed by atoms with Crippen LogP contribution in [0.5, 0.6) is 0 Å². The molecule has 0 saturated carbocycles. The van der Waals surface area contributed by atoms with Crippen LogP contribution in [0.15, 0.2) is 18.6 Å². The van der Waals surface area contributed by atoms with Crippen LogP contribution in [0.25, 0.3) is 0 Å². The molecule has 0 fully saturated rings. The number of hydrogen-bond acceptors (Lipinski definition) is 3. The van der Waals surface area contributed by atoms with E-state index in [1.807, 2.05) is 13.2 Å². The van der Waals surface area contributed by atoms with Crippen LogP contribution in [0.4, 0.5) is 0 Å². The van der Waals surface area contributed by atoms with Crippen LogP contribution in [0.1, 0.15) is 19.5 Å². The van der Waals surface area contributed by atoms with Gasteiger partial charge in [0, 0.05) is 31.1 Å². The normalized spacial score (nSPS) is 13.2. The van der Waals surface area contributed by atoms with Gasteiger partial charge in [0.05, 0.1) is 5.69 Å². The van der Waals surface area contributed by atoms with Crippen LogP contribution in [-0.2, 0) is 6.42 Å². The largest absolute Gasteiger partial charge is 0.316 e. The molecule has 0 aliphatic rings. The lowest BCUT2D eigenvalue weighted by atomic mass is 10.00. The second-order valence-electron chi connectivity index (χ2n) is 3.54. The molecule has 0 spiro atoms. The maximum atomic E-state index is 4.25. The van der Waals surface area contributed by atoms with E-state index in [1.165, 1.54) is 0 Å². The van der Waals surface area contributed by atoms with Crippen LogP contribution < -0.4 is 5.32 Å². The molecule has 0 bridgehead atoms. The van der Waals surface area contributed by atoms with E-state index >= 15 is 0 Å². The molecule has 0 aliphatic carbocycles. The Hall–Kier alpha value is -0.960. The monoisotopic (exact) mass is 179 g/mol. The van der Waals surface area contributed by atoms with Gasteiger partial charge in [0.1, 0.15) is 0 Å². The van der Waals surface area contributed by atoms with E-state index in [0.717, 1.165) is 12.1 Å². The van der Waals surface area contributed by atoms with Crippen molar-refractivity contribution in [3.8, 4) is 0 Å². The van der Waals surface area contributed by atoms with Gasteiger partial charge in [0.25, 0.3) is 0 Å². The van der Waals surface area contributed by atoms with E-state index in [0.29, 0.717) is 12.0 Å². The Kier molecular flexibility index (Phi) is 3.83. The fraction of sp³-hybridized carbons (Fsp3) is 0.600. The molecule has 1 heterocycles. The van der Waals surface area contributed by atoms with Gasteiger partial charge in [-0.05, 0) is 13.0 Å². The molecule has 3 nitrogen and oxygen atoms in total. The summed E-state index contributed by atoms with van der Waals surface area (Å²) in [5.41, 5.74) is 1.05. The highest BCUT2D eigenvalue weighted by Gasteiger charge is 2.11. The first-order valence-corrected chi connectivity index (χ1v) is 4.66. The molecule has 0 amide bonds. The summed E-state index contributed by atoms with van der Waals surface area (Å²) < 4.78 is 0. The molecule has 1 unspecified atom stereocenters. The molecule has 1 rings (SSSR count). The molecule has 0 saturated heterocycles. The highest BCUT2D eigenvalue weighted by atomic mass is 14.9. The first-order chi connectivity index (χ1) is 6.24. The van der Waals surface area contributed by atoms with Crippen LogP contribution in [0.2, 0.25) is 0 Å².